The molecule has 1 fully saturated rings. The van der Waals surface area contributed by atoms with Crippen LogP contribution >= 0.6 is 24.8 Å². The summed E-state index contributed by atoms with van der Waals surface area (Å²) >= 11 is 0. The standard InChI is InChI=1S/C17H27N3O.2ClH/c1-19(2)13-14-8-10-20(11-9-14)17(21)16(12-18)15-6-4-3-5-7-15;;/h3-7,14,16H,8-13,18H2,1-2H3;2*1H. The predicted molar refractivity (Wildman–Crippen MR) is 101 cm³/mol. The molecule has 2 N–H and O–H groups in total. The molecule has 1 atom stereocenters. The van der Waals surface area contributed by atoms with E-state index in [0.717, 1.165) is 38.0 Å². The number of piperidine rings is 1. The largest absolute Gasteiger partial charge is 0.342 e. The molecular formula is C17H29Cl2N3O. The van der Waals surface area contributed by atoms with E-state index >= 15 is 0 Å². The van der Waals surface area contributed by atoms with E-state index in [4.69, 9.17) is 5.73 Å². The molecule has 132 valence electrons. The minimum absolute atomic E-state index is 0. The zero-order valence-corrected chi connectivity index (χ0v) is 15.6. The van der Waals surface area contributed by atoms with Crippen molar-refractivity contribution in [3.8, 4) is 0 Å². The van der Waals surface area contributed by atoms with Gasteiger partial charge in [0.15, 0.2) is 0 Å². The molecule has 1 aromatic carbocycles. The van der Waals surface area contributed by atoms with E-state index in [1.165, 1.54) is 0 Å². The normalized spacial score (nSPS) is 16.4. The highest BCUT2D eigenvalue weighted by Crippen LogP contribution is 2.23. The number of benzene rings is 1. The van der Waals surface area contributed by atoms with Gasteiger partial charge in [0.25, 0.3) is 0 Å². The molecule has 0 radical (unpaired) electrons. The molecule has 1 aliphatic rings. The van der Waals surface area contributed by atoms with Gasteiger partial charge in [-0.1, -0.05) is 30.3 Å². The average Bonchev–Trinajstić information content (AvgIpc) is 2.49. The van der Waals surface area contributed by atoms with Crippen LogP contribution in [-0.2, 0) is 4.79 Å². The molecule has 0 saturated carbocycles. The van der Waals surface area contributed by atoms with Gasteiger partial charge in [-0.05, 0) is 38.4 Å². The topological polar surface area (TPSA) is 49.6 Å². The third-order valence-corrected chi connectivity index (χ3v) is 4.29. The van der Waals surface area contributed by atoms with Crippen LogP contribution in [0.1, 0.15) is 24.3 Å². The summed E-state index contributed by atoms with van der Waals surface area (Å²) in [5, 5.41) is 0. The van der Waals surface area contributed by atoms with Gasteiger partial charge in [-0.2, -0.15) is 0 Å². The van der Waals surface area contributed by atoms with Crippen molar-refractivity contribution in [2.24, 2.45) is 11.7 Å². The molecule has 1 unspecified atom stereocenters. The van der Waals surface area contributed by atoms with Crippen molar-refractivity contribution in [1.82, 2.24) is 9.80 Å². The number of likely N-dealkylation sites (tertiary alicyclic amines) is 1. The van der Waals surface area contributed by atoms with Crippen LogP contribution in [0.25, 0.3) is 0 Å². The molecule has 2 rings (SSSR count). The number of carbonyl (C=O) groups is 1. The molecule has 23 heavy (non-hydrogen) atoms. The van der Waals surface area contributed by atoms with Crippen LogP contribution in [0.4, 0.5) is 0 Å². The molecule has 1 aromatic rings. The highest BCUT2D eigenvalue weighted by Gasteiger charge is 2.28. The number of hydrogen-bond acceptors (Lipinski definition) is 3. The van der Waals surface area contributed by atoms with E-state index < -0.39 is 0 Å². The van der Waals surface area contributed by atoms with Crippen molar-refractivity contribution in [3.05, 3.63) is 35.9 Å². The van der Waals surface area contributed by atoms with E-state index in [0.29, 0.717) is 12.5 Å². The number of hydrogen-bond donors (Lipinski definition) is 1. The lowest BCUT2D eigenvalue weighted by Gasteiger charge is -2.35. The highest BCUT2D eigenvalue weighted by molar-refractivity contribution is 5.85. The zero-order chi connectivity index (χ0) is 15.2. The Bertz CT molecular complexity index is 448. The Morgan fingerprint density at radius 1 is 1.22 bits per heavy atom. The fourth-order valence-corrected chi connectivity index (χ4v) is 3.14. The Morgan fingerprint density at radius 2 is 1.78 bits per heavy atom. The van der Waals surface area contributed by atoms with Crippen LogP contribution in [0.15, 0.2) is 30.3 Å². The molecule has 0 aromatic heterocycles. The summed E-state index contributed by atoms with van der Waals surface area (Å²) in [4.78, 5) is 16.9. The molecule has 0 spiro atoms. The Balaban J connectivity index is 0.00000242. The van der Waals surface area contributed by atoms with Crippen LogP contribution in [0, 0.1) is 5.92 Å². The number of amides is 1. The van der Waals surface area contributed by atoms with Crippen LogP contribution in [0.5, 0.6) is 0 Å². The number of carbonyl (C=O) groups excluding carboxylic acids is 1. The Labute approximate surface area is 152 Å². The molecule has 0 aliphatic carbocycles. The minimum Gasteiger partial charge on any atom is -0.342 e. The highest BCUT2D eigenvalue weighted by atomic mass is 35.5. The molecule has 1 saturated heterocycles. The first-order valence-corrected chi connectivity index (χ1v) is 7.80. The summed E-state index contributed by atoms with van der Waals surface area (Å²) in [6.07, 6.45) is 2.19. The lowest BCUT2D eigenvalue weighted by Crippen LogP contribution is -2.44. The summed E-state index contributed by atoms with van der Waals surface area (Å²) in [6.45, 7) is 3.21. The Kier molecular flexibility index (Phi) is 10.5. The third-order valence-electron chi connectivity index (χ3n) is 4.29. The molecule has 0 bridgehead atoms. The second-order valence-corrected chi connectivity index (χ2v) is 6.23. The van der Waals surface area contributed by atoms with Gasteiger partial charge in [0.05, 0.1) is 5.92 Å². The van der Waals surface area contributed by atoms with Crippen molar-refractivity contribution >= 4 is 30.7 Å². The fraction of sp³-hybridized carbons (Fsp3) is 0.588. The maximum absolute atomic E-state index is 12.7. The molecular weight excluding hydrogens is 333 g/mol. The molecule has 4 nitrogen and oxygen atoms in total. The third kappa shape index (κ3) is 6.30. The number of rotatable bonds is 5. The van der Waals surface area contributed by atoms with E-state index in [1.807, 2.05) is 35.2 Å². The lowest BCUT2D eigenvalue weighted by molar-refractivity contribution is -0.134. The zero-order valence-electron chi connectivity index (χ0n) is 14.0. The van der Waals surface area contributed by atoms with Crippen molar-refractivity contribution in [1.29, 1.82) is 0 Å². The molecule has 1 heterocycles. The van der Waals surface area contributed by atoms with Crippen molar-refractivity contribution < 1.29 is 4.79 Å². The van der Waals surface area contributed by atoms with Gasteiger partial charge in [0.2, 0.25) is 5.91 Å². The fourth-order valence-electron chi connectivity index (χ4n) is 3.14. The van der Waals surface area contributed by atoms with Crippen LogP contribution in [0.2, 0.25) is 0 Å². The summed E-state index contributed by atoms with van der Waals surface area (Å²) in [6, 6.07) is 9.89. The van der Waals surface area contributed by atoms with Crippen LogP contribution in [0.3, 0.4) is 0 Å². The van der Waals surface area contributed by atoms with Crippen molar-refractivity contribution in [3.63, 3.8) is 0 Å². The van der Waals surface area contributed by atoms with Gasteiger partial charge in [-0.3, -0.25) is 4.79 Å². The summed E-state index contributed by atoms with van der Waals surface area (Å²) in [7, 11) is 4.22. The first kappa shape index (κ1) is 22.2. The monoisotopic (exact) mass is 361 g/mol. The van der Waals surface area contributed by atoms with Crippen molar-refractivity contribution in [2.45, 2.75) is 18.8 Å². The molecule has 6 heteroatoms. The second-order valence-electron chi connectivity index (χ2n) is 6.23. The SMILES string of the molecule is CN(C)CC1CCN(C(=O)C(CN)c2ccccc2)CC1.Cl.Cl. The van der Waals surface area contributed by atoms with Gasteiger partial charge < -0.3 is 15.5 Å². The van der Waals surface area contributed by atoms with E-state index in [9.17, 15) is 4.79 Å². The summed E-state index contributed by atoms with van der Waals surface area (Å²) in [5.74, 6) is 0.695. The molecule has 1 aliphatic heterocycles. The average molecular weight is 362 g/mol. The van der Waals surface area contributed by atoms with E-state index in [2.05, 4.69) is 19.0 Å². The minimum atomic E-state index is -0.198. The summed E-state index contributed by atoms with van der Waals surface area (Å²) < 4.78 is 0. The van der Waals surface area contributed by atoms with Crippen LogP contribution < -0.4 is 5.73 Å². The smallest absolute Gasteiger partial charge is 0.231 e. The predicted octanol–water partition coefficient (Wildman–Crippen LogP) is 2.37. The van der Waals surface area contributed by atoms with Crippen LogP contribution in [-0.4, -0.2) is 56.0 Å². The van der Waals surface area contributed by atoms with E-state index in [-0.39, 0.29) is 36.6 Å². The van der Waals surface area contributed by atoms with Gasteiger partial charge >= 0.3 is 0 Å². The van der Waals surface area contributed by atoms with Crippen molar-refractivity contribution in [2.75, 3.05) is 40.3 Å². The Hall–Kier alpha value is -0.810. The number of nitrogens with two attached hydrogens (primary N) is 1. The van der Waals surface area contributed by atoms with Gasteiger partial charge in [0.1, 0.15) is 0 Å². The second kappa shape index (κ2) is 10.9. The first-order chi connectivity index (χ1) is 10.1. The summed E-state index contributed by atoms with van der Waals surface area (Å²) in [5.41, 5.74) is 6.88. The lowest BCUT2D eigenvalue weighted by atomic mass is 9.93. The maximum atomic E-state index is 12.7. The number of nitrogens with zero attached hydrogens (tertiary/aromatic N) is 2. The maximum Gasteiger partial charge on any atom is 0.231 e. The van der Waals surface area contributed by atoms with E-state index in [1.54, 1.807) is 0 Å². The quantitative estimate of drug-likeness (QED) is 0.875. The van der Waals surface area contributed by atoms with Gasteiger partial charge in [-0.25, -0.2) is 0 Å². The number of halogens is 2. The molecule has 1 amide bonds. The van der Waals surface area contributed by atoms with Gasteiger partial charge in [0, 0.05) is 26.2 Å². The van der Waals surface area contributed by atoms with Gasteiger partial charge in [-0.15, -0.1) is 24.8 Å². The first-order valence-electron chi connectivity index (χ1n) is 7.80. The Morgan fingerprint density at radius 3 is 2.26 bits per heavy atom.